The van der Waals surface area contributed by atoms with Gasteiger partial charge in [0, 0.05) is 13.0 Å². The van der Waals surface area contributed by atoms with E-state index in [1.54, 1.807) is 9.80 Å². The number of aryl methyl sites for hydroxylation is 1. The van der Waals surface area contributed by atoms with Crippen molar-refractivity contribution in [3.05, 3.63) is 29.8 Å². The molecule has 2 fully saturated rings. The summed E-state index contributed by atoms with van der Waals surface area (Å²) < 4.78 is 5.85. The van der Waals surface area contributed by atoms with Gasteiger partial charge in [0.1, 0.15) is 11.9 Å². The van der Waals surface area contributed by atoms with E-state index in [-0.39, 0.29) is 24.5 Å². The molecule has 2 aliphatic heterocycles. The molecule has 3 rings (SSSR count). The van der Waals surface area contributed by atoms with Crippen LogP contribution in [0, 0.1) is 6.92 Å². The Hall–Kier alpha value is -2.04. The second-order valence-corrected chi connectivity index (χ2v) is 6.13. The second-order valence-electron chi connectivity index (χ2n) is 6.13. The fraction of sp³-hybridized carbons (Fsp3) is 0.529. The van der Waals surface area contributed by atoms with E-state index in [1.165, 1.54) is 0 Å². The normalized spacial score (nSPS) is 19.0. The summed E-state index contributed by atoms with van der Waals surface area (Å²) in [6.45, 7) is 4.17. The highest BCUT2D eigenvalue weighted by atomic mass is 16.5. The average Bonchev–Trinajstić information content (AvgIpc) is 2.45. The van der Waals surface area contributed by atoms with E-state index in [0.717, 1.165) is 24.2 Å². The van der Waals surface area contributed by atoms with Crippen LogP contribution in [0.3, 0.4) is 0 Å². The van der Waals surface area contributed by atoms with E-state index in [9.17, 15) is 9.59 Å². The Labute approximate surface area is 130 Å². The van der Waals surface area contributed by atoms with Crippen molar-refractivity contribution in [2.24, 2.45) is 0 Å². The molecule has 0 aliphatic carbocycles. The van der Waals surface area contributed by atoms with E-state index < -0.39 is 0 Å². The third-order valence-corrected chi connectivity index (χ3v) is 4.24. The number of piperidine rings is 1. The number of nitrogens with zero attached hydrogens (tertiary/aromatic N) is 2. The van der Waals surface area contributed by atoms with Gasteiger partial charge in [-0.2, -0.15) is 0 Å². The third kappa shape index (κ3) is 3.40. The molecule has 118 valence electrons. The minimum absolute atomic E-state index is 0.0272. The van der Waals surface area contributed by atoms with Gasteiger partial charge in [0.05, 0.1) is 19.6 Å². The number of carbonyl (C=O) groups is 2. The van der Waals surface area contributed by atoms with Gasteiger partial charge in [-0.15, -0.1) is 0 Å². The van der Waals surface area contributed by atoms with Gasteiger partial charge in [-0.1, -0.05) is 12.1 Å². The summed E-state index contributed by atoms with van der Waals surface area (Å²) in [6, 6.07) is 7.92. The molecule has 5 heteroatoms. The van der Waals surface area contributed by atoms with Crippen LogP contribution in [0.1, 0.15) is 24.8 Å². The molecule has 0 saturated carbocycles. The Morgan fingerprint density at radius 2 is 2.14 bits per heavy atom. The second kappa shape index (κ2) is 6.38. The molecule has 22 heavy (non-hydrogen) atoms. The zero-order chi connectivity index (χ0) is 15.5. The standard InChI is InChI=1S/C17H22N2O3/c1-13-5-4-6-14(9-13)22-15-10-19(11-15)17(21)12-18-8-3-2-7-16(18)20/h4-6,9,15H,2-3,7-8,10-12H2,1H3. The van der Waals surface area contributed by atoms with Crippen molar-refractivity contribution >= 4 is 11.8 Å². The van der Waals surface area contributed by atoms with Gasteiger partial charge in [0.15, 0.2) is 0 Å². The van der Waals surface area contributed by atoms with Crippen LogP contribution in [0.25, 0.3) is 0 Å². The van der Waals surface area contributed by atoms with Crippen molar-refractivity contribution in [2.45, 2.75) is 32.3 Å². The van der Waals surface area contributed by atoms with Crippen molar-refractivity contribution in [1.82, 2.24) is 9.80 Å². The topological polar surface area (TPSA) is 49.9 Å². The van der Waals surface area contributed by atoms with E-state index in [1.807, 2.05) is 31.2 Å². The molecule has 2 amide bonds. The number of rotatable bonds is 4. The largest absolute Gasteiger partial charge is 0.487 e. The Morgan fingerprint density at radius 3 is 2.86 bits per heavy atom. The molecule has 0 bridgehead atoms. The first-order valence-corrected chi connectivity index (χ1v) is 7.91. The van der Waals surface area contributed by atoms with Gasteiger partial charge in [0.25, 0.3) is 0 Å². The lowest BCUT2D eigenvalue weighted by Crippen LogP contribution is -2.58. The predicted molar refractivity (Wildman–Crippen MR) is 82.6 cm³/mol. The molecule has 1 aromatic rings. The van der Waals surface area contributed by atoms with Gasteiger partial charge >= 0.3 is 0 Å². The fourth-order valence-electron chi connectivity index (χ4n) is 2.89. The Bertz CT molecular complexity index is 567. The third-order valence-electron chi connectivity index (χ3n) is 4.24. The fourth-order valence-corrected chi connectivity index (χ4v) is 2.89. The summed E-state index contributed by atoms with van der Waals surface area (Å²) in [6.07, 6.45) is 2.58. The van der Waals surface area contributed by atoms with Gasteiger partial charge in [0.2, 0.25) is 11.8 Å². The highest BCUT2D eigenvalue weighted by Gasteiger charge is 2.33. The molecule has 0 unspecified atom stereocenters. The molecule has 0 spiro atoms. The quantitative estimate of drug-likeness (QED) is 0.849. The van der Waals surface area contributed by atoms with Gasteiger partial charge in [-0.25, -0.2) is 0 Å². The minimum atomic E-state index is 0.0272. The van der Waals surface area contributed by atoms with Gasteiger partial charge < -0.3 is 14.5 Å². The van der Waals surface area contributed by atoms with E-state index >= 15 is 0 Å². The molecular formula is C17H22N2O3. The number of likely N-dealkylation sites (tertiary alicyclic amines) is 2. The number of ether oxygens (including phenoxy) is 1. The van der Waals surface area contributed by atoms with Crippen molar-refractivity contribution in [3.8, 4) is 5.75 Å². The lowest BCUT2D eigenvalue weighted by Gasteiger charge is -2.40. The number of hydrogen-bond acceptors (Lipinski definition) is 3. The van der Waals surface area contributed by atoms with Crippen LogP contribution in [0.5, 0.6) is 5.75 Å². The number of amides is 2. The SMILES string of the molecule is Cc1cccc(OC2CN(C(=O)CN3CCCCC3=O)C2)c1. The molecule has 2 saturated heterocycles. The number of hydrogen-bond donors (Lipinski definition) is 0. The summed E-state index contributed by atoms with van der Waals surface area (Å²) in [5, 5.41) is 0. The summed E-state index contributed by atoms with van der Waals surface area (Å²) >= 11 is 0. The highest BCUT2D eigenvalue weighted by Crippen LogP contribution is 2.20. The first-order valence-electron chi connectivity index (χ1n) is 7.91. The lowest BCUT2D eigenvalue weighted by atomic mass is 10.1. The molecule has 5 nitrogen and oxygen atoms in total. The maximum atomic E-state index is 12.2. The number of benzene rings is 1. The summed E-state index contributed by atoms with van der Waals surface area (Å²) in [4.78, 5) is 27.3. The van der Waals surface area contributed by atoms with Gasteiger partial charge in [-0.05, 0) is 37.5 Å². The average molecular weight is 302 g/mol. The van der Waals surface area contributed by atoms with Crippen LogP contribution in [0.15, 0.2) is 24.3 Å². The van der Waals surface area contributed by atoms with Crippen LogP contribution >= 0.6 is 0 Å². The Balaban J connectivity index is 1.44. The zero-order valence-corrected chi connectivity index (χ0v) is 13.0. The molecule has 0 aromatic heterocycles. The van der Waals surface area contributed by atoms with E-state index in [0.29, 0.717) is 26.1 Å². The summed E-state index contributed by atoms with van der Waals surface area (Å²) in [7, 11) is 0. The maximum Gasteiger partial charge on any atom is 0.242 e. The highest BCUT2D eigenvalue weighted by molar-refractivity contribution is 5.85. The van der Waals surface area contributed by atoms with Crippen LogP contribution in [-0.4, -0.2) is 53.9 Å². The molecule has 2 aliphatic rings. The summed E-state index contributed by atoms with van der Waals surface area (Å²) in [5.41, 5.74) is 1.16. The van der Waals surface area contributed by atoms with Crippen molar-refractivity contribution in [3.63, 3.8) is 0 Å². The molecule has 0 atom stereocenters. The molecule has 2 heterocycles. The first kappa shape index (κ1) is 14.9. The Kier molecular flexibility index (Phi) is 4.32. The van der Waals surface area contributed by atoms with Crippen LogP contribution in [0.2, 0.25) is 0 Å². The van der Waals surface area contributed by atoms with Crippen LogP contribution in [0.4, 0.5) is 0 Å². The number of carbonyl (C=O) groups excluding carboxylic acids is 2. The summed E-state index contributed by atoms with van der Waals surface area (Å²) in [5.74, 6) is 0.982. The van der Waals surface area contributed by atoms with Crippen molar-refractivity contribution < 1.29 is 14.3 Å². The predicted octanol–water partition coefficient (Wildman–Crippen LogP) is 1.60. The monoisotopic (exact) mass is 302 g/mol. The van der Waals surface area contributed by atoms with Gasteiger partial charge in [-0.3, -0.25) is 9.59 Å². The first-order chi connectivity index (χ1) is 10.6. The van der Waals surface area contributed by atoms with Crippen molar-refractivity contribution in [2.75, 3.05) is 26.2 Å². The maximum absolute atomic E-state index is 12.2. The lowest BCUT2D eigenvalue weighted by molar-refractivity contribution is -0.147. The molecule has 0 radical (unpaired) electrons. The van der Waals surface area contributed by atoms with Crippen LogP contribution in [-0.2, 0) is 9.59 Å². The smallest absolute Gasteiger partial charge is 0.242 e. The van der Waals surface area contributed by atoms with Crippen molar-refractivity contribution in [1.29, 1.82) is 0 Å². The molecule has 0 N–H and O–H groups in total. The van der Waals surface area contributed by atoms with E-state index in [4.69, 9.17) is 4.74 Å². The minimum Gasteiger partial charge on any atom is -0.487 e. The molecule has 1 aromatic carbocycles. The van der Waals surface area contributed by atoms with Crippen LogP contribution < -0.4 is 4.74 Å². The van der Waals surface area contributed by atoms with E-state index in [2.05, 4.69) is 0 Å². The zero-order valence-electron chi connectivity index (χ0n) is 13.0. The molecular weight excluding hydrogens is 280 g/mol. The Morgan fingerprint density at radius 1 is 1.32 bits per heavy atom.